The first-order valence-corrected chi connectivity index (χ1v) is 23.0. The SMILES string of the molecule is COCCCNc1nc(NCCCOC)c(N=Nc2sc(C(=O)OC)c(C)c2C#N)c(C)c1C#N.Cc1ccc(Nc2nc(Nc3ccc(C)cc3)c(N=Nc3ccccc3C(F)(F)F)c(C)c2C#N)cc1. The number of carbonyl (C=O) groups excluding carboxylic acids is 1. The van der Waals surface area contributed by atoms with Gasteiger partial charge in [0.15, 0.2) is 22.5 Å². The van der Waals surface area contributed by atoms with Crippen LogP contribution in [0, 0.1) is 68.6 Å². The smallest absolute Gasteiger partial charge is 0.418 e. The van der Waals surface area contributed by atoms with E-state index in [9.17, 15) is 33.8 Å². The summed E-state index contributed by atoms with van der Waals surface area (Å²) in [6, 6.07) is 26.4. The van der Waals surface area contributed by atoms with Crippen molar-refractivity contribution in [3.8, 4) is 18.2 Å². The normalized spacial score (nSPS) is 11.1. The highest BCUT2D eigenvalue weighted by molar-refractivity contribution is 7.18. The average molecular weight is 1000 g/mol. The Morgan fingerprint density at radius 2 is 1.11 bits per heavy atom. The van der Waals surface area contributed by atoms with Crippen LogP contribution in [0.25, 0.3) is 0 Å². The van der Waals surface area contributed by atoms with Gasteiger partial charge in [-0.2, -0.15) is 29.0 Å². The van der Waals surface area contributed by atoms with Gasteiger partial charge in [-0.3, -0.25) is 0 Å². The fourth-order valence-electron chi connectivity index (χ4n) is 6.72. The lowest BCUT2D eigenvalue weighted by Gasteiger charge is -2.16. The number of nitriles is 3. The molecule has 0 saturated heterocycles. The molecule has 0 atom stereocenters. The van der Waals surface area contributed by atoms with Crippen molar-refractivity contribution in [2.24, 2.45) is 20.5 Å². The van der Waals surface area contributed by atoms with Crippen LogP contribution < -0.4 is 21.3 Å². The number of methoxy groups -OCH3 is 3. The molecule has 0 fully saturated rings. The van der Waals surface area contributed by atoms with E-state index in [4.69, 9.17) is 14.2 Å². The Balaban J connectivity index is 0.000000268. The molecule has 72 heavy (non-hydrogen) atoms. The minimum atomic E-state index is -4.59. The summed E-state index contributed by atoms with van der Waals surface area (Å²) in [7, 11) is 4.54. The van der Waals surface area contributed by atoms with Gasteiger partial charge in [-0.25, -0.2) is 14.8 Å². The highest BCUT2D eigenvalue weighted by atomic mass is 32.1. The van der Waals surface area contributed by atoms with E-state index in [0.29, 0.717) is 76.4 Å². The van der Waals surface area contributed by atoms with Gasteiger partial charge in [-0.15, -0.1) is 31.8 Å². The molecule has 17 nitrogen and oxygen atoms in total. The number of anilines is 6. The molecule has 4 N–H and O–H groups in total. The fraction of sp³-hybridized carbons (Fsp3) is 0.294. The summed E-state index contributed by atoms with van der Waals surface area (Å²) < 4.78 is 55.4. The zero-order valence-corrected chi connectivity index (χ0v) is 41.7. The van der Waals surface area contributed by atoms with Gasteiger partial charge >= 0.3 is 12.1 Å². The molecule has 3 aromatic carbocycles. The number of thiophene rings is 1. The molecule has 21 heteroatoms. The number of azo groups is 2. The maximum atomic E-state index is 13.5. The monoisotopic (exact) mass is 999 g/mol. The maximum Gasteiger partial charge on any atom is 0.418 e. The molecule has 6 rings (SSSR count). The van der Waals surface area contributed by atoms with E-state index in [1.165, 1.54) is 25.3 Å². The Bertz CT molecular complexity index is 3050. The van der Waals surface area contributed by atoms with Crippen LogP contribution in [0.4, 0.5) is 69.9 Å². The molecule has 0 bridgehead atoms. The summed E-state index contributed by atoms with van der Waals surface area (Å²) in [5.41, 5.74) is 5.10. The van der Waals surface area contributed by atoms with Crippen molar-refractivity contribution in [3.63, 3.8) is 0 Å². The Labute approximate surface area is 419 Å². The molecule has 372 valence electrons. The number of hydrogen-bond donors (Lipinski definition) is 4. The second kappa shape index (κ2) is 26.1. The average Bonchev–Trinajstić information content (AvgIpc) is 3.69. The first-order chi connectivity index (χ1) is 34.6. The van der Waals surface area contributed by atoms with Crippen LogP contribution >= 0.6 is 11.3 Å². The standard InChI is InChI=1S/C28H23F3N6.C23H29N7O4S/c1-17-8-12-20(13-9-17)33-26-22(16-32)19(3)25(27(35-26)34-21-14-10-18(2)11-15-21)37-36-24-7-5-4-6-23(24)28(29,30)31;1-14-16(12-24)20(26-8-6-10-32-3)28-21(27-9-7-11-33-4)18(14)29-30-22-17(13-25)15(2)19(35-22)23(31)34-5/h4-15H,1-3H3,(H2,33,34,35);6-11H2,1-5H3,(H2,26,27,28). The summed E-state index contributed by atoms with van der Waals surface area (Å²) in [4.78, 5) is 21.5. The predicted molar refractivity (Wildman–Crippen MR) is 271 cm³/mol. The van der Waals surface area contributed by atoms with Crippen LogP contribution in [0.3, 0.4) is 0 Å². The third kappa shape index (κ3) is 14.2. The molecule has 6 aromatic rings. The van der Waals surface area contributed by atoms with Crippen molar-refractivity contribution >= 4 is 74.0 Å². The van der Waals surface area contributed by atoms with Crippen LogP contribution in [0.5, 0.6) is 0 Å². The van der Waals surface area contributed by atoms with Crippen molar-refractivity contribution in [1.82, 2.24) is 9.97 Å². The number of nitrogens with one attached hydrogen (secondary N) is 4. The summed E-state index contributed by atoms with van der Waals surface area (Å²) in [5, 5.41) is 59.0. The number of rotatable bonds is 19. The lowest BCUT2D eigenvalue weighted by Crippen LogP contribution is -2.12. The predicted octanol–water partition coefficient (Wildman–Crippen LogP) is 13.4. The van der Waals surface area contributed by atoms with Crippen LogP contribution in [0.1, 0.15) is 72.6 Å². The highest BCUT2D eigenvalue weighted by Gasteiger charge is 2.33. The molecule has 0 spiro atoms. The Morgan fingerprint density at radius 1 is 0.625 bits per heavy atom. The Hall–Kier alpha value is -8.29. The molecule has 0 aliphatic rings. The minimum absolute atomic E-state index is 0.156. The highest BCUT2D eigenvalue weighted by Crippen LogP contribution is 2.42. The quantitative estimate of drug-likeness (QED) is 0.0336. The van der Waals surface area contributed by atoms with Gasteiger partial charge in [0.05, 0.1) is 35.1 Å². The van der Waals surface area contributed by atoms with E-state index >= 15 is 0 Å². The number of aryl methyl sites for hydroxylation is 2. The number of alkyl halides is 3. The Morgan fingerprint density at radius 3 is 1.64 bits per heavy atom. The molecule has 0 saturated carbocycles. The van der Waals surface area contributed by atoms with Crippen LogP contribution in [0.2, 0.25) is 0 Å². The first kappa shape index (κ1) is 54.6. The number of benzene rings is 3. The second-order valence-electron chi connectivity index (χ2n) is 15.8. The van der Waals surface area contributed by atoms with E-state index in [1.807, 2.05) is 62.4 Å². The van der Waals surface area contributed by atoms with Crippen molar-refractivity contribution in [2.45, 2.75) is 53.6 Å². The van der Waals surface area contributed by atoms with E-state index in [2.05, 4.69) is 69.9 Å². The molecule has 0 aliphatic carbocycles. The molecule has 0 amide bonds. The molecule has 0 unspecified atom stereocenters. The van der Waals surface area contributed by atoms with E-state index in [-0.39, 0.29) is 39.1 Å². The van der Waals surface area contributed by atoms with E-state index in [1.54, 1.807) is 35.0 Å². The van der Waals surface area contributed by atoms with Crippen LogP contribution in [0.15, 0.2) is 93.3 Å². The van der Waals surface area contributed by atoms with Gasteiger partial charge in [-0.05, 0) is 89.4 Å². The van der Waals surface area contributed by atoms with Crippen molar-refractivity contribution in [2.75, 3.05) is 68.9 Å². The van der Waals surface area contributed by atoms with Gasteiger partial charge in [-0.1, -0.05) is 47.5 Å². The number of hydrogen-bond acceptors (Lipinski definition) is 18. The summed E-state index contributed by atoms with van der Waals surface area (Å²) in [5.74, 6) is 0.860. The van der Waals surface area contributed by atoms with Gasteiger partial charge < -0.3 is 35.5 Å². The van der Waals surface area contributed by atoms with E-state index < -0.39 is 17.7 Å². The summed E-state index contributed by atoms with van der Waals surface area (Å²) in [6.07, 6.45) is -3.11. The molecule has 3 aromatic heterocycles. The molecular weight excluding hydrogens is 948 g/mol. The fourth-order valence-corrected chi connectivity index (χ4v) is 7.71. The third-order valence-electron chi connectivity index (χ3n) is 10.6. The number of aromatic nitrogens is 2. The minimum Gasteiger partial charge on any atom is -0.465 e. The number of pyridine rings is 2. The molecule has 0 radical (unpaired) electrons. The number of halogens is 3. The lowest BCUT2D eigenvalue weighted by molar-refractivity contribution is -0.137. The van der Waals surface area contributed by atoms with Crippen LogP contribution in [-0.4, -0.2) is 63.6 Å². The van der Waals surface area contributed by atoms with Crippen molar-refractivity contribution in [1.29, 1.82) is 15.8 Å². The zero-order valence-electron chi connectivity index (χ0n) is 40.9. The zero-order chi connectivity index (χ0) is 52.4. The molecule has 0 aliphatic heterocycles. The van der Waals surface area contributed by atoms with E-state index in [0.717, 1.165) is 47.1 Å². The van der Waals surface area contributed by atoms with Crippen LogP contribution in [-0.2, 0) is 20.4 Å². The largest absolute Gasteiger partial charge is 0.465 e. The molecular formula is C51H52F3N13O4S. The van der Waals surface area contributed by atoms with Crippen molar-refractivity contribution in [3.05, 3.63) is 128 Å². The second-order valence-corrected chi connectivity index (χ2v) is 16.8. The summed E-state index contributed by atoms with van der Waals surface area (Å²) in [6.45, 7) is 11.3. The maximum absolute atomic E-state index is 13.5. The number of nitrogens with zero attached hydrogens (tertiary/aromatic N) is 9. The number of carbonyl (C=O) groups is 1. The number of esters is 1. The summed E-state index contributed by atoms with van der Waals surface area (Å²) >= 11 is 1.02. The van der Waals surface area contributed by atoms with Gasteiger partial charge in [0.25, 0.3) is 0 Å². The molecule has 3 heterocycles. The third-order valence-corrected chi connectivity index (χ3v) is 11.8. The van der Waals surface area contributed by atoms with Gasteiger partial charge in [0.2, 0.25) is 0 Å². The Kier molecular flexibility index (Phi) is 19.8. The lowest BCUT2D eigenvalue weighted by atomic mass is 10.1. The van der Waals surface area contributed by atoms with Crippen molar-refractivity contribution < 1.29 is 32.2 Å². The van der Waals surface area contributed by atoms with Gasteiger partial charge in [0, 0.05) is 63.0 Å². The first-order valence-electron chi connectivity index (χ1n) is 22.2. The number of ether oxygens (including phenoxy) is 3. The topological polar surface area (TPSA) is 239 Å². The van der Waals surface area contributed by atoms with Gasteiger partial charge in [0.1, 0.15) is 40.3 Å².